The highest BCUT2D eigenvalue weighted by molar-refractivity contribution is 5.70. The molecule has 0 fully saturated rings. The first-order chi connectivity index (χ1) is 23.6. The van der Waals surface area contributed by atoms with Gasteiger partial charge < -0.3 is 14.6 Å². The van der Waals surface area contributed by atoms with Crippen molar-refractivity contribution in [1.82, 2.24) is 0 Å². The van der Waals surface area contributed by atoms with Crippen molar-refractivity contribution < 1.29 is 24.2 Å². The lowest BCUT2D eigenvalue weighted by Crippen LogP contribution is -2.28. The molecule has 0 spiro atoms. The van der Waals surface area contributed by atoms with Crippen LogP contribution in [0.25, 0.3) is 0 Å². The second-order valence-corrected chi connectivity index (χ2v) is 11.5. The van der Waals surface area contributed by atoms with Crippen molar-refractivity contribution >= 4 is 11.9 Å². The van der Waals surface area contributed by atoms with Gasteiger partial charge in [0.1, 0.15) is 6.61 Å². The first-order valence-corrected chi connectivity index (χ1v) is 18.4. The maximum Gasteiger partial charge on any atom is 0.306 e. The molecule has 0 aromatic heterocycles. The van der Waals surface area contributed by atoms with Crippen LogP contribution in [0.15, 0.2) is 109 Å². The smallest absolute Gasteiger partial charge is 0.306 e. The highest BCUT2D eigenvalue weighted by atomic mass is 16.6. The number of hydrogen-bond donors (Lipinski definition) is 1. The maximum atomic E-state index is 12.1. The number of unbranched alkanes of at least 4 members (excludes halogenated alkanes) is 5. The first-order valence-electron chi connectivity index (χ1n) is 18.4. The molecule has 0 radical (unpaired) electrons. The van der Waals surface area contributed by atoms with Gasteiger partial charge in [0, 0.05) is 12.8 Å². The van der Waals surface area contributed by atoms with Gasteiger partial charge in [0.25, 0.3) is 0 Å². The van der Waals surface area contributed by atoms with Crippen LogP contribution in [0.3, 0.4) is 0 Å². The Morgan fingerprint density at radius 2 is 0.833 bits per heavy atom. The molecule has 0 saturated carbocycles. The number of ether oxygens (including phenoxy) is 2. The Bertz CT molecular complexity index is 1020. The largest absolute Gasteiger partial charge is 0.462 e. The third-order valence-electron chi connectivity index (χ3n) is 7.06. The Hall–Kier alpha value is -3.44. The van der Waals surface area contributed by atoms with E-state index >= 15 is 0 Å². The monoisotopic (exact) mass is 662 g/mol. The summed E-state index contributed by atoms with van der Waals surface area (Å²) < 4.78 is 10.5. The van der Waals surface area contributed by atoms with Gasteiger partial charge in [-0.1, -0.05) is 130 Å². The second-order valence-electron chi connectivity index (χ2n) is 11.5. The summed E-state index contributed by atoms with van der Waals surface area (Å²) in [6, 6.07) is 0. The molecule has 0 aromatic rings. The molecule has 0 aromatic carbocycles. The normalized spacial score (nSPS) is 13.5. The zero-order valence-electron chi connectivity index (χ0n) is 30.2. The van der Waals surface area contributed by atoms with Gasteiger partial charge in [-0.15, -0.1) is 0 Å². The summed E-state index contributed by atoms with van der Waals surface area (Å²) in [6.07, 6.45) is 54.3. The van der Waals surface area contributed by atoms with E-state index < -0.39 is 6.10 Å². The molecule has 268 valence electrons. The molecule has 0 bridgehead atoms. The molecule has 0 unspecified atom stereocenters. The summed E-state index contributed by atoms with van der Waals surface area (Å²) in [5, 5.41) is 9.53. The second kappa shape index (κ2) is 38.0. The molecule has 1 N–H and O–H groups in total. The van der Waals surface area contributed by atoms with Crippen LogP contribution in [0, 0.1) is 0 Å². The van der Waals surface area contributed by atoms with E-state index in [9.17, 15) is 14.7 Å². The van der Waals surface area contributed by atoms with Crippen molar-refractivity contribution in [3.05, 3.63) is 109 Å². The molecule has 5 nitrogen and oxygen atoms in total. The highest BCUT2D eigenvalue weighted by Crippen LogP contribution is 2.08. The van der Waals surface area contributed by atoms with Crippen LogP contribution in [-0.2, 0) is 19.1 Å². The van der Waals surface area contributed by atoms with Crippen molar-refractivity contribution in [2.45, 2.75) is 136 Å². The minimum absolute atomic E-state index is 0.108. The van der Waals surface area contributed by atoms with Crippen molar-refractivity contribution in [1.29, 1.82) is 0 Å². The van der Waals surface area contributed by atoms with Crippen molar-refractivity contribution in [2.75, 3.05) is 13.2 Å². The predicted octanol–water partition coefficient (Wildman–Crippen LogP) is 11.5. The Balaban J connectivity index is 3.76. The fraction of sp³-hybridized carbons (Fsp3) is 0.535. The standard InChI is InChI=1S/C43H66O5/c1-3-5-7-9-11-13-15-17-19-20-21-22-24-25-27-29-31-33-35-37-42(45)47-40-41(39-44)48-43(46)38-36-34-32-30-28-26-23-18-16-14-12-10-8-6-4-2/h5-8,11-14,17-19,21-23,25,27-28,30,41,44H,3-4,9-10,15-16,20,24,26,29,31-40H2,1-2H3/b7-5-,8-6-,13-11-,14-12-,19-17-,22-21-,23-18-,27-25-,30-28-/t41-/m0/s1. The van der Waals surface area contributed by atoms with Crippen molar-refractivity contribution in [3.8, 4) is 0 Å². The van der Waals surface area contributed by atoms with Crippen LogP contribution in [0.1, 0.15) is 129 Å². The summed E-state index contributed by atoms with van der Waals surface area (Å²) in [6.45, 7) is 3.81. The fourth-order valence-corrected chi connectivity index (χ4v) is 4.33. The molecule has 5 heteroatoms. The predicted molar refractivity (Wildman–Crippen MR) is 205 cm³/mol. The van der Waals surface area contributed by atoms with Gasteiger partial charge in [-0.2, -0.15) is 0 Å². The van der Waals surface area contributed by atoms with Gasteiger partial charge in [-0.3, -0.25) is 9.59 Å². The molecule has 0 aliphatic heterocycles. The SMILES string of the molecule is CC/C=C\C/C=C\C/C=C\C/C=C\C/C=C\CCCCCC(=O)OC[C@H](CO)OC(=O)CCCC/C=C\C/C=C\C/C=C\C/C=C\CC. The summed E-state index contributed by atoms with van der Waals surface area (Å²) in [5.41, 5.74) is 0. The lowest BCUT2D eigenvalue weighted by atomic mass is 10.1. The number of esters is 2. The molecule has 48 heavy (non-hydrogen) atoms. The number of aliphatic hydroxyl groups is 1. The Morgan fingerprint density at radius 3 is 1.25 bits per heavy atom. The lowest BCUT2D eigenvalue weighted by molar-refractivity contribution is -0.161. The van der Waals surface area contributed by atoms with Gasteiger partial charge in [0.15, 0.2) is 6.10 Å². The minimum atomic E-state index is -0.814. The number of carbonyl (C=O) groups excluding carboxylic acids is 2. The van der Waals surface area contributed by atoms with E-state index in [0.29, 0.717) is 12.8 Å². The molecule has 0 heterocycles. The summed E-state index contributed by atoms with van der Waals surface area (Å²) in [5.74, 6) is -0.692. The molecule has 0 amide bonds. The molecule has 0 saturated heterocycles. The van der Waals surface area contributed by atoms with Crippen molar-refractivity contribution in [2.24, 2.45) is 0 Å². The highest BCUT2D eigenvalue weighted by Gasteiger charge is 2.15. The van der Waals surface area contributed by atoms with Gasteiger partial charge >= 0.3 is 11.9 Å². The molecule has 0 aliphatic rings. The maximum absolute atomic E-state index is 12.1. The summed E-state index contributed by atoms with van der Waals surface area (Å²) in [4.78, 5) is 24.2. The Morgan fingerprint density at radius 1 is 0.479 bits per heavy atom. The van der Waals surface area contributed by atoms with Gasteiger partial charge in [-0.05, 0) is 96.3 Å². The van der Waals surface area contributed by atoms with Crippen LogP contribution >= 0.6 is 0 Å². The topological polar surface area (TPSA) is 72.8 Å². The fourth-order valence-electron chi connectivity index (χ4n) is 4.33. The molecule has 0 aliphatic carbocycles. The average molecular weight is 663 g/mol. The number of allylic oxidation sites excluding steroid dienone is 18. The first kappa shape index (κ1) is 44.6. The zero-order valence-corrected chi connectivity index (χ0v) is 30.2. The third kappa shape index (κ3) is 35.4. The number of aliphatic hydroxyl groups excluding tert-OH is 1. The zero-order chi connectivity index (χ0) is 35.0. The molecule has 0 rings (SSSR count). The number of rotatable bonds is 31. The lowest BCUT2D eigenvalue weighted by Gasteiger charge is -2.15. The number of carbonyl (C=O) groups is 2. The molecular weight excluding hydrogens is 596 g/mol. The summed E-state index contributed by atoms with van der Waals surface area (Å²) in [7, 11) is 0. The van der Waals surface area contributed by atoms with Gasteiger partial charge in [-0.25, -0.2) is 0 Å². The van der Waals surface area contributed by atoms with E-state index in [1.807, 2.05) is 0 Å². The van der Waals surface area contributed by atoms with E-state index in [4.69, 9.17) is 9.47 Å². The third-order valence-corrected chi connectivity index (χ3v) is 7.06. The molecule has 1 atom stereocenters. The number of hydrogen-bond acceptors (Lipinski definition) is 5. The summed E-state index contributed by atoms with van der Waals surface area (Å²) >= 11 is 0. The van der Waals surface area contributed by atoms with Gasteiger partial charge in [0.2, 0.25) is 0 Å². The van der Waals surface area contributed by atoms with E-state index in [1.54, 1.807) is 0 Å². The Kier molecular flexibility index (Phi) is 35.3. The van der Waals surface area contributed by atoms with Crippen molar-refractivity contribution in [3.63, 3.8) is 0 Å². The quantitative estimate of drug-likeness (QED) is 0.0454. The van der Waals surface area contributed by atoms with E-state index in [-0.39, 0.29) is 31.6 Å². The minimum Gasteiger partial charge on any atom is -0.462 e. The van der Waals surface area contributed by atoms with Crippen LogP contribution in [0.4, 0.5) is 0 Å². The van der Waals surface area contributed by atoms with Crippen LogP contribution in [0.2, 0.25) is 0 Å². The van der Waals surface area contributed by atoms with Gasteiger partial charge in [0.05, 0.1) is 6.61 Å². The average Bonchev–Trinajstić information content (AvgIpc) is 3.09. The van der Waals surface area contributed by atoms with Crippen LogP contribution < -0.4 is 0 Å². The van der Waals surface area contributed by atoms with E-state index in [0.717, 1.165) is 96.3 Å². The molecular formula is C43H66O5. The van der Waals surface area contributed by atoms with E-state index in [2.05, 4.69) is 123 Å². The van der Waals surface area contributed by atoms with E-state index in [1.165, 1.54) is 0 Å². The Labute approximate surface area is 293 Å². The van der Waals surface area contributed by atoms with Crippen LogP contribution in [0.5, 0.6) is 0 Å². The van der Waals surface area contributed by atoms with Crippen LogP contribution in [-0.4, -0.2) is 36.4 Å².